The average molecular weight is 387 g/mol. The van der Waals surface area contributed by atoms with Gasteiger partial charge in [0.05, 0.1) is 25.4 Å². The van der Waals surface area contributed by atoms with Gasteiger partial charge in [-0.1, -0.05) is 62.5 Å². The van der Waals surface area contributed by atoms with Crippen molar-refractivity contribution >= 4 is 0 Å². The first-order chi connectivity index (χ1) is 13.8. The molecule has 0 spiro atoms. The number of hydrogen-bond donors (Lipinski definition) is 0. The molecule has 0 bridgehead atoms. The maximum atomic E-state index is 6.04. The third-order valence-corrected chi connectivity index (χ3v) is 6.20. The molecule has 2 aliphatic rings. The summed E-state index contributed by atoms with van der Waals surface area (Å²) in [6, 6.07) is 0. The first-order valence-electron chi connectivity index (χ1n) is 11.7. The highest BCUT2D eigenvalue weighted by Gasteiger charge is 2.31. The fraction of sp³-hybridized carbons (Fsp3) is 0.692. The first kappa shape index (κ1) is 23.2. The number of ether oxygens (including phenoxy) is 2. The number of hydrogen-bond acceptors (Lipinski definition) is 2. The van der Waals surface area contributed by atoms with E-state index in [0.29, 0.717) is 12.2 Å². The van der Waals surface area contributed by atoms with E-state index in [0.717, 1.165) is 37.9 Å². The summed E-state index contributed by atoms with van der Waals surface area (Å²) in [6.45, 7) is 5.83. The molecule has 2 aliphatic carbocycles. The van der Waals surface area contributed by atoms with E-state index in [9.17, 15) is 0 Å². The summed E-state index contributed by atoms with van der Waals surface area (Å²) in [5.41, 5.74) is 0. The zero-order valence-electron chi connectivity index (χ0n) is 18.2. The normalized spacial score (nSPS) is 29.6. The highest BCUT2D eigenvalue weighted by molar-refractivity contribution is 5.02. The van der Waals surface area contributed by atoms with E-state index in [-0.39, 0.29) is 0 Å². The Hall–Kier alpha value is -1.12. The van der Waals surface area contributed by atoms with Crippen molar-refractivity contribution < 1.29 is 9.47 Å². The van der Waals surface area contributed by atoms with Gasteiger partial charge in [0.25, 0.3) is 0 Å². The Bertz CT molecular complexity index is 441. The van der Waals surface area contributed by atoms with Crippen LogP contribution in [0.2, 0.25) is 0 Å². The van der Waals surface area contributed by atoms with Crippen molar-refractivity contribution in [1.82, 2.24) is 0 Å². The molecule has 0 saturated heterocycles. The standard InChI is InChI=1S/C26H42O2/c1-3-5-7-9-11-21-27-25-17-13-23(14-18-25)24-15-19-26(20-16-24)28-22-12-10-8-6-4-2/h5-12,23-26H,3-4,13-22H2,1-2H3/b7-5+,8-6+,11-9+,12-10+. The summed E-state index contributed by atoms with van der Waals surface area (Å²) in [5.74, 6) is 1.84. The van der Waals surface area contributed by atoms with Gasteiger partial charge in [-0.3, -0.25) is 0 Å². The lowest BCUT2D eigenvalue weighted by atomic mass is 9.72. The maximum Gasteiger partial charge on any atom is 0.0654 e. The minimum atomic E-state index is 0.476. The minimum Gasteiger partial charge on any atom is -0.374 e. The molecule has 0 aromatic carbocycles. The average Bonchev–Trinajstić information content (AvgIpc) is 2.74. The molecule has 0 N–H and O–H groups in total. The molecule has 0 heterocycles. The quantitative estimate of drug-likeness (QED) is 0.350. The molecular formula is C26H42O2. The molecule has 0 amide bonds. The van der Waals surface area contributed by atoms with E-state index < -0.39 is 0 Å². The van der Waals surface area contributed by atoms with Gasteiger partial charge >= 0.3 is 0 Å². The fourth-order valence-electron chi connectivity index (χ4n) is 4.53. The van der Waals surface area contributed by atoms with E-state index in [2.05, 4.69) is 62.5 Å². The van der Waals surface area contributed by atoms with Gasteiger partial charge in [0.1, 0.15) is 0 Å². The van der Waals surface area contributed by atoms with Crippen molar-refractivity contribution in [3.8, 4) is 0 Å². The van der Waals surface area contributed by atoms with E-state index in [1.807, 2.05) is 0 Å². The Kier molecular flexibility index (Phi) is 12.3. The Balaban J connectivity index is 1.55. The molecule has 2 fully saturated rings. The van der Waals surface area contributed by atoms with Gasteiger partial charge in [-0.15, -0.1) is 0 Å². The number of allylic oxidation sites excluding steroid dienone is 6. The van der Waals surface area contributed by atoms with E-state index in [1.165, 1.54) is 51.4 Å². The van der Waals surface area contributed by atoms with Crippen LogP contribution in [0.3, 0.4) is 0 Å². The molecule has 158 valence electrons. The Labute approximate surface area is 173 Å². The van der Waals surface area contributed by atoms with Crippen molar-refractivity contribution in [2.75, 3.05) is 13.2 Å². The van der Waals surface area contributed by atoms with Gasteiger partial charge < -0.3 is 9.47 Å². The molecule has 0 atom stereocenters. The largest absolute Gasteiger partial charge is 0.374 e. The summed E-state index contributed by atoms with van der Waals surface area (Å²) in [4.78, 5) is 0. The van der Waals surface area contributed by atoms with Crippen LogP contribution in [0.1, 0.15) is 78.1 Å². The van der Waals surface area contributed by atoms with Crippen LogP contribution in [0.5, 0.6) is 0 Å². The van der Waals surface area contributed by atoms with Gasteiger partial charge in [0, 0.05) is 0 Å². The lowest BCUT2D eigenvalue weighted by molar-refractivity contribution is 0.00196. The molecule has 2 heteroatoms. The fourth-order valence-corrected chi connectivity index (χ4v) is 4.53. The summed E-state index contributed by atoms with van der Waals surface area (Å²) in [5, 5.41) is 0. The maximum absolute atomic E-state index is 6.04. The van der Waals surface area contributed by atoms with Crippen LogP contribution in [0.4, 0.5) is 0 Å². The predicted molar refractivity (Wildman–Crippen MR) is 121 cm³/mol. The van der Waals surface area contributed by atoms with Crippen LogP contribution in [0.15, 0.2) is 48.6 Å². The summed E-state index contributed by atoms with van der Waals surface area (Å²) in [6.07, 6.45) is 30.6. The Morgan fingerprint density at radius 1 is 0.536 bits per heavy atom. The summed E-state index contributed by atoms with van der Waals surface area (Å²) >= 11 is 0. The van der Waals surface area contributed by atoms with E-state index in [4.69, 9.17) is 9.47 Å². The summed E-state index contributed by atoms with van der Waals surface area (Å²) < 4.78 is 12.1. The van der Waals surface area contributed by atoms with Crippen LogP contribution < -0.4 is 0 Å². The second kappa shape index (κ2) is 14.8. The van der Waals surface area contributed by atoms with E-state index >= 15 is 0 Å². The zero-order valence-corrected chi connectivity index (χ0v) is 18.2. The van der Waals surface area contributed by atoms with Gasteiger partial charge in [-0.25, -0.2) is 0 Å². The highest BCUT2D eigenvalue weighted by Crippen LogP contribution is 2.39. The first-order valence-corrected chi connectivity index (χ1v) is 11.7. The molecule has 2 nitrogen and oxygen atoms in total. The van der Waals surface area contributed by atoms with Crippen LogP contribution >= 0.6 is 0 Å². The molecule has 0 aromatic heterocycles. The van der Waals surface area contributed by atoms with Crippen molar-refractivity contribution in [2.45, 2.75) is 90.3 Å². The van der Waals surface area contributed by atoms with Gasteiger partial charge in [-0.05, 0) is 76.0 Å². The predicted octanol–water partition coefficient (Wildman–Crippen LogP) is 7.18. The van der Waals surface area contributed by atoms with Crippen LogP contribution in [-0.2, 0) is 9.47 Å². The Morgan fingerprint density at radius 3 is 1.25 bits per heavy atom. The van der Waals surface area contributed by atoms with Gasteiger partial charge in [0.15, 0.2) is 0 Å². The highest BCUT2D eigenvalue weighted by atomic mass is 16.5. The third kappa shape index (κ3) is 9.39. The molecule has 0 radical (unpaired) electrons. The topological polar surface area (TPSA) is 18.5 Å². The molecule has 2 saturated carbocycles. The van der Waals surface area contributed by atoms with Crippen molar-refractivity contribution in [3.63, 3.8) is 0 Å². The lowest BCUT2D eigenvalue weighted by Gasteiger charge is -2.37. The number of rotatable bonds is 11. The molecule has 0 unspecified atom stereocenters. The second-order valence-corrected chi connectivity index (χ2v) is 8.27. The second-order valence-electron chi connectivity index (χ2n) is 8.27. The van der Waals surface area contributed by atoms with Crippen molar-refractivity contribution in [2.24, 2.45) is 11.8 Å². The molecular weight excluding hydrogens is 344 g/mol. The van der Waals surface area contributed by atoms with Crippen molar-refractivity contribution in [3.05, 3.63) is 48.6 Å². The van der Waals surface area contributed by atoms with Crippen LogP contribution in [0, 0.1) is 11.8 Å². The lowest BCUT2D eigenvalue weighted by Crippen LogP contribution is -2.30. The SMILES string of the molecule is CC/C=C/C=C/COC1CCC(C2CCC(OC/C=C/C=C/CC)CC2)CC1. The van der Waals surface area contributed by atoms with E-state index in [1.54, 1.807) is 0 Å². The van der Waals surface area contributed by atoms with Gasteiger partial charge in [0.2, 0.25) is 0 Å². The van der Waals surface area contributed by atoms with Crippen LogP contribution in [-0.4, -0.2) is 25.4 Å². The summed E-state index contributed by atoms with van der Waals surface area (Å²) in [7, 11) is 0. The smallest absolute Gasteiger partial charge is 0.0654 e. The third-order valence-electron chi connectivity index (χ3n) is 6.20. The monoisotopic (exact) mass is 386 g/mol. The van der Waals surface area contributed by atoms with Crippen molar-refractivity contribution in [1.29, 1.82) is 0 Å². The van der Waals surface area contributed by atoms with Crippen LogP contribution in [0.25, 0.3) is 0 Å². The minimum absolute atomic E-state index is 0.476. The molecule has 0 aromatic rings. The Morgan fingerprint density at radius 2 is 0.893 bits per heavy atom. The zero-order chi connectivity index (χ0) is 19.9. The molecule has 2 rings (SSSR count). The van der Waals surface area contributed by atoms with Gasteiger partial charge in [-0.2, -0.15) is 0 Å². The molecule has 0 aliphatic heterocycles. The molecule has 28 heavy (non-hydrogen) atoms.